The van der Waals surface area contributed by atoms with Crippen molar-refractivity contribution in [1.29, 1.82) is 0 Å². The van der Waals surface area contributed by atoms with E-state index in [2.05, 4.69) is 25.7 Å². The van der Waals surface area contributed by atoms with Crippen LogP contribution in [-0.2, 0) is 6.54 Å². The summed E-state index contributed by atoms with van der Waals surface area (Å²) in [6.07, 6.45) is 6.39. The standard InChI is InChI=1S/C21H17FN6O2/c22-16-4-1-5-17(10-16)27-21(30)25-11-14-6-8-24-19(9-14)28-20(29)18(13-26-28)15-3-2-7-23-12-15/h1-10,12-13,26H,11H2,(H2,25,27,30). The average molecular weight is 404 g/mol. The average Bonchev–Trinajstić information content (AvgIpc) is 3.14. The van der Waals surface area contributed by atoms with Gasteiger partial charge in [0.2, 0.25) is 0 Å². The van der Waals surface area contributed by atoms with Crippen LogP contribution >= 0.6 is 0 Å². The number of H-pyrrole nitrogens is 1. The summed E-state index contributed by atoms with van der Waals surface area (Å²) in [6, 6.07) is 12.1. The minimum atomic E-state index is -0.477. The van der Waals surface area contributed by atoms with Crippen molar-refractivity contribution >= 4 is 11.7 Å². The Kier molecular flexibility index (Phi) is 5.33. The van der Waals surface area contributed by atoms with E-state index in [0.29, 0.717) is 22.6 Å². The van der Waals surface area contributed by atoms with E-state index in [-0.39, 0.29) is 12.1 Å². The molecule has 0 spiro atoms. The molecule has 0 saturated carbocycles. The van der Waals surface area contributed by atoms with Crippen molar-refractivity contribution in [2.75, 3.05) is 5.32 Å². The second-order valence-corrected chi connectivity index (χ2v) is 6.41. The third-order valence-electron chi connectivity index (χ3n) is 4.32. The van der Waals surface area contributed by atoms with Crippen LogP contribution in [0.5, 0.6) is 0 Å². The number of benzene rings is 1. The lowest BCUT2D eigenvalue weighted by atomic mass is 10.2. The molecular formula is C21H17FN6O2. The van der Waals surface area contributed by atoms with Crippen LogP contribution in [0.25, 0.3) is 16.9 Å². The predicted molar refractivity (Wildman–Crippen MR) is 110 cm³/mol. The van der Waals surface area contributed by atoms with Gasteiger partial charge in [0, 0.05) is 42.6 Å². The van der Waals surface area contributed by atoms with Gasteiger partial charge in [-0.25, -0.2) is 18.9 Å². The van der Waals surface area contributed by atoms with Crippen LogP contribution in [0.4, 0.5) is 14.9 Å². The third kappa shape index (κ3) is 4.25. The highest BCUT2D eigenvalue weighted by atomic mass is 19.1. The Hall–Kier alpha value is -4.27. The van der Waals surface area contributed by atoms with Gasteiger partial charge < -0.3 is 10.6 Å². The number of hydrogen-bond acceptors (Lipinski definition) is 4. The molecule has 0 aliphatic carbocycles. The highest BCUT2D eigenvalue weighted by molar-refractivity contribution is 5.89. The normalized spacial score (nSPS) is 10.6. The zero-order valence-corrected chi connectivity index (χ0v) is 15.7. The number of nitrogens with one attached hydrogen (secondary N) is 3. The van der Waals surface area contributed by atoms with Crippen LogP contribution in [0.15, 0.2) is 78.1 Å². The summed E-state index contributed by atoms with van der Waals surface area (Å²) < 4.78 is 14.5. The number of urea groups is 1. The molecule has 3 N–H and O–H groups in total. The monoisotopic (exact) mass is 404 g/mol. The van der Waals surface area contributed by atoms with Gasteiger partial charge in [0.1, 0.15) is 5.82 Å². The Morgan fingerprint density at radius 2 is 2.03 bits per heavy atom. The van der Waals surface area contributed by atoms with Crippen molar-refractivity contribution in [2.45, 2.75) is 6.54 Å². The molecule has 3 aromatic heterocycles. The Morgan fingerprint density at radius 3 is 2.83 bits per heavy atom. The molecule has 0 fully saturated rings. The van der Waals surface area contributed by atoms with Crippen LogP contribution in [0.3, 0.4) is 0 Å². The Labute approximate surface area is 170 Å². The van der Waals surface area contributed by atoms with Gasteiger partial charge in [0.25, 0.3) is 5.56 Å². The first kappa shape index (κ1) is 19.1. The van der Waals surface area contributed by atoms with Gasteiger partial charge in [0.15, 0.2) is 5.82 Å². The van der Waals surface area contributed by atoms with Crippen molar-refractivity contribution in [2.24, 2.45) is 0 Å². The first-order chi connectivity index (χ1) is 14.6. The molecular weight excluding hydrogens is 387 g/mol. The molecule has 0 unspecified atom stereocenters. The number of carbonyl (C=O) groups excluding carboxylic acids is 1. The van der Waals surface area contributed by atoms with Crippen LogP contribution < -0.4 is 16.2 Å². The van der Waals surface area contributed by atoms with E-state index in [0.717, 1.165) is 5.56 Å². The maximum atomic E-state index is 13.2. The number of aromatic amines is 1. The Balaban J connectivity index is 1.46. The van der Waals surface area contributed by atoms with E-state index in [1.165, 1.54) is 22.9 Å². The Morgan fingerprint density at radius 1 is 1.13 bits per heavy atom. The molecule has 0 aliphatic heterocycles. The number of halogens is 1. The number of nitrogens with zero attached hydrogens (tertiary/aromatic N) is 3. The number of anilines is 1. The summed E-state index contributed by atoms with van der Waals surface area (Å²) in [5, 5.41) is 8.14. The van der Waals surface area contributed by atoms with Crippen LogP contribution in [0.1, 0.15) is 5.56 Å². The Bertz CT molecular complexity index is 1240. The van der Waals surface area contributed by atoms with E-state index in [4.69, 9.17) is 0 Å². The van der Waals surface area contributed by atoms with Crippen molar-refractivity contribution in [3.63, 3.8) is 0 Å². The summed E-state index contributed by atoms with van der Waals surface area (Å²) in [5.41, 5.74) is 2.00. The number of hydrogen-bond donors (Lipinski definition) is 3. The van der Waals surface area contributed by atoms with Crippen molar-refractivity contribution < 1.29 is 9.18 Å². The van der Waals surface area contributed by atoms with E-state index < -0.39 is 11.8 Å². The molecule has 150 valence electrons. The fraction of sp³-hybridized carbons (Fsp3) is 0.0476. The molecule has 8 nitrogen and oxygen atoms in total. The fourth-order valence-electron chi connectivity index (χ4n) is 2.89. The minimum Gasteiger partial charge on any atom is -0.334 e. The molecule has 0 bridgehead atoms. The molecule has 2 amide bonds. The minimum absolute atomic E-state index is 0.196. The largest absolute Gasteiger partial charge is 0.334 e. The SMILES string of the molecule is O=C(NCc1ccnc(-n2[nH]cc(-c3cccnc3)c2=O)c1)Nc1cccc(F)c1. The zero-order chi connectivity index (χ0) is 20.9. The van der Waals surface area contributed by atoms with Crippen molar-refractivity contribution in [3.8, 4) is 16.9 Å². The molecule has 0 radical (unpaired) electrons. The van der Waals surface area contributed by atoms with Gasteiger partial charge in [-0.05, 0) is 42.0 Å². The predicted octanol–water partition coefficient (Wildman–Crippen LogP) is 3.08. The van der Waals surface area contributed by atoms with Crippen molar-refractivity contribution in [3.05, 3.63) is 95.1 Å². The number of aromatic nitrogens is 4. The van der Waals surface area contributed by atoms with Gasteiger partial charge >= 0.3 is 6.03 Å². The van der Waals surface area contributed by atoms with Gasteiger partial charge in [0.05, 0.1) is 5.56 Å². The maximum Gasteiger partial charge on any atom is 0.319 e. The lowest BCUT2D eigenvalue weighted by molar-refractivity contribution is 0.251. The molecule has 4 rings (SSSR count). The van der Waals surface area contributed by atoms with Gasteiger partial charge in [-0.15, -0.1) is 0 Å². The number of pyridine rings is 2. The molecule has 1 aromatic carbocycles. The van der Waals surface area contributed by atoms with E-state index in [1.807, 2.05) is 0 Å². The lowest BCUT2D eigenvalue weighted by Gasteiger charge is -2.09. The highest BCUT2D eigenvalue weighted by Crippen LogP contribution is 2.14. The molecule has 0 atom stereocenters. The molecule has 9 heteroatoms. The summed E-state index contributed by atoms with van der Waals surface area (Å²) in [4.78, 5) is 33.0. The van der Waals surface area contributed by atoms with Gasteiger partial charge in [-0.1, -0.05) is 12.1 Å². The molecule has 0 saturated heterocycles. The summed E-state index contributed by atoms with van der Waals surface area (Å²) in [6.45, 7) is 0.196. The number of rotatable bonds is 5. The van der Waals surface area contributed by atoms with E-state index in [9.17, 15) is 14.0 Å². The first-order valence-corrected chi connectivity index (χ1v) is 9.07. The van der Waals surface area contributed by atoms with Gasteiger partial charge in [-0.3, -0.25) is 14.9 Å². The van der Waals surface area contributed by atoms with Crippen molar-refractivity contribution in [1.82, 2.24) is 25.1 Å². The van der Waals surface area contributed by atoms with Crippen LogP contribution in [-0.4, -0.2) is 25.8 Å². The summed E-state index contributed by atoms with van der Waals surface area (Å²) >= 11 is 0. The fourth-order valence-corrected chi connectivity index (χ4v) is 2.89. The summed E-state index contributed by atoms with van der Waals surface area (Å²) in [7, 11) is 0. The van der Waals surface area contributed by atoms with E-state index in [1.54, 1.807) is 55.1 Å². The third-order valence-corrected chi connectivity index (χ3v) is 4.32. The first-order valence-electron chi connectivity index (χ1n) is 9.07. The van der Waals surface area contributed by atoms with E-state index >= 15 is 0 Å². The number of amides is 2. The summed E-state index contributed by atoms with van der Waals surface area (Å²) in [5.74, 6) is -0.0476. The topological polar surface area (TPSA) is 105 Å². The zero-order valence-electron chi connectivity index (χ0n) is 15.7. The second-order valence-electron chi connectivity index (χ2n) is 6.41. The molecule has 4 aromatic rings. The highest BCUT2D eigenvalue weighted by Gasteiger charge is 2.11. The molecule has 3 heterocycles. The molecule has 30 heavy (non-hydrogen) atoms. The lowest BCUT2D eigenvalue weighted by Crippen LogP contribution is -2.28. The quantitative estimate of drug-likeness (QED) is 0.475. The van der Waals surface area contributed by atoms with Crippen LogP contribution in [0, 0.1) is 5.82 Å². The van der Waals surface area contributed by atoms with Gasteiger partial charge in [-0.2, -0.15) is 0 Å². The maximum absolute atomic E-state index is 13.2. The van der Waals surface area contributed by atoms with Crippen LogP contribution in [0.2, 0.25) is 0 Å². The smallest absolute Gasteiger partial charge is 0.319 e. The number of carbonyl (C=O) groups is 1. The second kappa shape index (κ2) is 8.39. The molecule has 0 aliphatic rings.